The fourth-order valence-electron chi connectivity index (χ4n) is 4.41. The summed E-state index contributed by atoms with van der Waals surface area (Å²) in [5.74, 6) is 1.05. The topological polar surface area (TPSA) is 68.0 Å². The molecule has 2 aromatic carbocycles. The summed E-state index contributed by atoms with van der Waals surface area (Å²) in [6.45, 7) is 4.23. The molecule has 0 saturated heterocycles. The molecule has 170 valence electrons. The molecular formula is C26H28N4O2S. The van der Waals surface area contributed by atoms with Crippen molar-refractivity contribution in [3.63, 3.8) is 0 Å². The molecule has 5 rings (SSSR count). The fraction of sp³-hybridized carbons (Fsp3) is 0.346. The van der Waals surface area contributed by atoms with Crippen molar-refractivity contribution in [3.8, 4) is 17.0 Å². The van der Waals surface area contributed by atoms with Gasteiger partial charge in [0.15, 0.2) is 6.61 Å². The van der Waals surface area contributed by atoms with Crippen molar-refractivity contribution in [2.45, 2.75) is 46.0 Å². The zero-order valence-corrected chi connectivity index (χ0v) is 19.8. The number of benzene rings is 2. The molecule has 1 saturated carbocycles. The minimum atomic E-state index is -0.140. The van der Waals surface area contributed by atoms with Crippen molar-refractivity contribution < 1.29 is 9.53 Å². The van der Waals surface area contributed by atoms with Gasteiger partial charge in [0, 0.05) is 17.2 Å². The van der Waals surface area contributed by atoms with Gasteiger partial charge in [-0.15, -0.1) is 11.3 Å². The van der Waals surface area contributed by atoms with E-state index in [4.69, 9.17) is 14.8 Å². The number of anilines is 1. The lowest BCUT2D eigenvalue weighted by atomic mass is 9.90. The third-order valence-corrected chi connectivity index (χ3v) is 7.02. The smallest absolute Gasteiger partial charge is 0.262 e. The summed E-state index contributed by atoms with van der Waals surface area (Å²) in [6, 6.07) is 12.1. The number of carbonyl (C=O) groups excluding carboxylic acids is 1. The van der Waals surface area contributed by atoms with Gasteiger partial charge in [-0.1, -0.05) is 37.0 Å². The van der Waals surface area contributed by atoms with Gasteiger partial charge in [-0.2, -0.15) is 5.10 Å². The van der Waals surface area contributed by atoms with Gasteiger partial charge in [-0.25, -0.2) is 9.67 Å². The molecule has 0 radical (unpaired) electrons. The number of carbonyl (C=O) groups is 1. The Morgan fingerprint density at radius 1 is 1.12 bits per heavy atom. The van der Waals surface area contributed by atoms with Crippen LogP contribution in [0, 0.1) is 19.8 Å². The lowest BCUT2D eigenvalue weighted by Crippen LogP contribution is -2.25. The number of nitrogens with one attached hydrogen (secondary N) is 1. The molecular weight excluding hydrogens is 432 g/mol. The Hall–Kier alpha value is -3.19. The summed E-state index contributed by atoms with van der Waals surface area (Å²) < 4.78 is 7.46. The lowest BCUT2D eigenvalue weighted by Gasteiger charge is -2.19. The average molecular weight is 461 g/mol. The number of nitrogens with zero attached hydrogens (tertiary/aromatic N) is 3. The molecule has 6 nitrogen and oxygen atoms in total. The molecule has 33 heavy (non-hydrogen) atoms. The van der Waals surface area contributed by atoms with Crippen molar-refractivity contribution >= 4 is 34.8 Å². The quantitative estimate of drug-likeness (QED) is 0.499. The standard InChI is InChI=1S/C26H28N4O2S/c1-17-8-10-21(18(2)12-17)29-26-30(27-14-19-6-4-3-5-7-19)23(16-33-26)20-9-11-24-22(13-20)28-25(31)15-32-24/h8-14,16,19H,3-7,15H2,1-2H3,(H,28,31). The number of fused-ring (bicyclic) bond motifs is 1. The molecule has 1 fully saturated rings. The Kier molecular flexibility index (Phi) is 6.13. The van der Waals surface area contributed by atoms with Crippen molar-refractivity contribution in [2.75, 3.05) is 11.9 Å². The third-order valence-electron chi connectivity index (χ3n) is 6.20. The SMILES string of the molecule is Cc1ccc(N=c2scc(-c3ccc4c(c3)NC(=O)CO4)n2N=CC2CCCCC2)c(C)c1. The third kappa shape index (κ3) is 4.78. The first-order valence-corrected chi connectivity index (χ1v) is 12.4. The number of thiazole rings is 1. The molecule has 1 N–H and O–H groups in total. The molecule has 0 atom stereocenters. The van der Waals surface area contributed by atoms with E-state index in [2.05, 4.69) is 49.0 Å². The Balaban J connectivity index is 1.59. The second-order valence-electron chi connectivity index (χ2n) is 8.83. The highest BCUT2D eigenvalue weighted by Crippen LogP contribution is 2.33. The van der Waals surface area contributed by atoms with Crippen LogP contribution in [-0.2, 0) is 4.79 Å². The molecule has 7 heteroatoms. The van der Waals surface area contributed by atoms with Crippen LogP contribution in [0.2, 0.25) is 0 Å². The van der Waals surface area contributed by atoms with Crippen molar-refractivity contribution in [2.24, 2.45) is 16.0 Å². The number of ether oxygens (including phenoxy) is 1. The van der Waals surface area contributed by atoms with Crippen LogP contribution in [0.4, 0.5) is 11.4 Å². The average Bonchev–Trinajstić information content (AvgIpc) is 3.22. The molecule has 1 aliphatic heterocycles. The van der Waals surface area contributed by atoms with Crippen LogP contribution in [0.1, 0.15) is 43.2 Å². The largest absolute Gasteiger partial charge is 0.482 e. The summed E-state index contributed by atoms with van der Waals surface area (Å²) in [5.41, 5.74) is 5.89. The lowest BCUT2D eigenvalue weighted by molar-refractivity contribution is -0.118. The highest BCUT2D eigenvalue weighted by molar-refractivity contribution is 7.07. The Bertz CT molecular complexity index is 1280. The van der Waals surface area contributed by atoms with E-state index in [-0.39, 0.29) is 12.5 Å². The second-order valence-corrected chi connectivity index (χ2v) is 9.66. The molecule has 0 spiro atoms. The maximum absolute atomic E-state index is 11.8. The van der Waals surface area contributed by atoms with Gasteiger partial charge in [-0.05, 0) is 62.4 Å². The first-order valence-electron chi connectivity index (χ1n) is 11.5. The van der Waals surface area contributed by atoms with Crippen LogP contribution < -0.4 is 14.9 Å². The van der Waals surface area contributed by atoms with E-state index < -0.39 is 0 Å². The minimum absolute atomic E-state index is 0.0510. The number of aromatic nitrogens is 1. The number of hydrogen-bond donors (Lipinski definition) is 1. The molecule has 3 aromatic rings. The van der Waals surface area contributed by atoms with Crippen molar-refractivity contribution in [1.82, 2.24) is 4.68 Å². The molecule has 1 aliphatic carbocycles. The van der Waals surface area contributed by atoms with E-state index in [0.29, 0.717) is 17.4 Å². The molecule has 0 unspecified atom stereocenters. The summed E-state index contributed by atoms with van der Waals surface area (Å²) in [5, 5.41) is 9.90. The number of hydrogen-bond acceptors (Lipinski definition) is 5. The highest BCUT2D eigenvalue weighted by Gasteiger charge is 2.18. The zero-order valence-electron chi connectivity index (χ0n) is 19.0. The van der Waals surface area contributed by atoms with Gasteiger partial charge < -0.3 is 10.1 Å². The molecule has 1 amide bonds. The Morgan fingerprint density at radius 2 is 1.97 bits per heavy atom. The van der Waals surface area contributed by atoms with Crippen molar-refractivity contribution in [3.05, 3.63) is 57.7 Å². The predicted molar refractivity (Wildman–Crippen MR) is 133 cm³/mol. The monoisotopic (exact) mass is 460 g/mol. The van der Waals surface area contributed by atoms with E-state index in [1.807, 2.05) is 22.9 Å². The van der Waals surface area contributed by atoms with Gasteiger partial charge in [0.25, 0.3) is 5.91 Å². The Morgan fingerprint density at radius 3 is 2.79 bits per heavy atom. The summed E-state index contributed by atoms with van der Waals surface area (Å²) in [7, 11) is 0. The second kappa shape index (κ2) is 9.35. The van der Waals surface area contributed by atoms with Gasteiger partial charge in [0.1, 0.15) is 5.75 Å². The van der Waals surface area contributed by atoms with Crippen LogP contribution in [0.5, 0.6) is 5.75 Å². The van der Waals surface area contributed by atoms with Crippen LogP contribution in [0.25, 0.3) is 11.3 Å². The first-order chi connectivity index (χ1) is 16.1. The van der Waals surface area contributed by atoms with E-state index in [9.17, 15) is 4.79 Å². The summed E-state index contributed by atoms with van der Waals surface area (Å²) >= 11 is 1.57. The maximum atomic E-state index is 11.8. The van der Waals surface area contributed by atoms with Crippen LogP contribution >= 0.6 is 11.3 Å². The summed E-state index contributed by atoms with van der Waals surface area (Å²) in [4.78, 5) is 17.6. The Labute approximate surface area is 197 Å². The minimum Gasteiger partial charge on any atom is -0.482 e. The van der Waals surface area contributed by atoms with Crippen LogP contribution in [0.3, 0.4) is 0 Å². The zero-order chi connectivity index (χ0) is 22.8. The van der Waals surface area contributed by atoms with E-state index in [1.54, 1.807) is 11.3 Å². The number of amides is 1. The molecule has 2 heterocycles. The predicted octanol–water partition coefficient (Wildman–Crippen LogP) is 5.81. The number of aryl methyl sites for hydroxylation is 2. The maximum Gasteiger partial charge on any atom is 0.262 e. The van der Waals surface area contributed by atoms with E-state index in [0.717, 1.165) is 27.3 Å². The van der Waals surface area contributed by atoms with Crippen LogP contribution in [0.15, 0.2) is 51.9 Å². The molecule has 1 aromatic heterocycles. The van der Waals surface area contributed by atoms with E-state index >= 15 is 0 Å². The fourth-order valence-corrected chi connectivity index (χ4v) is 5.26. The van der Waals surface area contributed by atoms with Gasteiger partial charge in [0.05, 0.1) is 17.1 Å². The molecule has 0 bridgehead atoms. The van der Waals surface area contributed by atoms with Gasteiger partial charge in [-0.3, -0.25) is 4.79 Å². The highest BCUT2D eigenvalue weighted by atomic mass is 32.1. The van der Waals surface area contributed by atoms with E-state index in [1.165, 1.54) is 37.7 Å². The summed E-state index contributed by atoms with van der Waals surface area (Å²) in [6.07, 6.45) is 8.33. The van der Waals surface area contributed by atoms with Crippen LogP contribution in [-0.4, -0.2) is 23.4 Å². The first kappa shape index (κ1) is 21.6. The normalized spacial score (nSPS) is 17.2. The van der Waals surface area contributed by atoms with Gasteiger partial charge in [0.2, 0.25) is 4.80 Å². The van der Waals surface area contributed by atoms with Gasteiger partial charge >= 0.3 is 0 Å². The number of rotatable bonds is 4. The molecule has 2 aliphatic rings. The van der Waals surface area contributed by atoms with Crippen molar-refractivity contribution in [1.29, 1.82) is 0 Å².